The molecule has 2 aromatic carbocycles. The van der Waals surface area contributed by atoms with Crippen LogP contribution in [-0.2, 0) is 12.4 Å². The van der Waals surface area contributed by atoms with Gasteiger partial charge in [0.15, 0.2) is 12.4 Å². The van der Waals surface area contributed by atoms with Crippen LogP contribution in [0.5, 0.6) is 5.75 Å². The normalized spacial score (nSPS) is 10.9. The average Bonchev–Trinajstić information content (AvgIpc) is 3.36. The van der Waals surface area contributed by atoms with E-state index in [1.165, 1.54) is 11.8 Å². The topological polar surface area (TPSA) is 74.2 Å². The third-order valence-corrected chi connectivity index (χ3v) is 4.69. The highest BCUT2D eigenvalue weighted by Gasteiger charge is 2.11. The summed E-state index contributed by atoms with van der Waals surface area (Å²) in [7, 11) is 0. The van der Waals surface area contributed by atoms with Crippen molar-refractivity contribution in [3.05, 3.63) is 77.3 Å². The summed E-state index contributed by atoms with van der Waals surface area (Å²) in [6.07, 6.45) is 0. The number of aromatic nitrogens is 3. The Morgan fingerprint density at radius 3 is 2.63 bits per heavy atom. The van der Waals surface area contributed by atoms with Gasteiger partial charge in [-0.2, -0.15) is 0 Å². The second-order valence-corrected chi connectivity index (χ2v) is 6.90. The monoisotopic (exact) mass is 399 g/mol. The summed E-state index contributed by atoms with van der Waals surface area (Å²) in [5.41, 5.74) is 1.79. The number of thioether (sulfide) groups is 1. The molecule has 27 heavy (non-hydrogen) atoms. The van der Waals surface area contributed by atoms with Crippen LogP contribution >= 0.6 is 23.4 Å². The van der Waals surface area contributed by atoms with Crippen molar-refractivity contribution in [3.63, 3.8) is 0 Å². The van der Waals surface area contributed by atoms with Crippen molar-refractivity contribution in [2.75, 3.05) is 0 Å². The number of hydrogen-bond donors (Lipinski definition) is 0. The maximum Gasteiger partial charge on any atom is 0.277 e. The van der Waals surface area contributed by atoms with E-state index in [2.05, 4.69) is 15.4 Å². The van der Waals surface area contributed by atoms with Crippen molar-refractivity contribution >= 4 is 23.4 Å². The maximum atomic E-state index is 5.84. The lowest BCUT2D eigenvalue weighted by Crippen LogP contribution is -1.95. The zero-order chi connectivity index (χ0) is 18.5. The Labute approximate surface area is 164 Å². The van der Waals surface area contributed by atoms with Crippen LogP contribution in [0.25, 0.3) is 11.3 Å². The van der Waals surface area contributed by atoms with Gasteiger partial charge in [0.1, 0.15) is 5.75 Å². The van der Waals surface area contributed by atoms with Gasteiger partial charge in [0, 0.05) is 22.4 Å². The van der Waals surface area contributed by atoms with Crippen molar-refractivity contribution in [2.24, 2.45) is 0 Å². The first kappa shape index (κ1) is 17.6. The van der Waals surface area contributed by atoms with E-state index in [9.17, 15) is 0 Å². The minimum absolute atomic E-state index is 0.192. The molecule has 0 radical (unpaired) electrons. The molecular formula is C19H14ClN3O3S. The van der Waals surface area contributed by atoms with Crippen LogP contribution in [0, 0.1) is 0 Å². The molecule has 4 rings (SSSR count). The Morgan fingerprint density at radius 2 is 1.81 bits per heavy atom. The molecule has 2 heterocycles. The van der Waals surface area contributed by atoms with E-state index in [0.717, 1.165) is 17.0 Å². The fourth-order valence-corrected chi connectivity index (χ4v) is 3.07. The van der Waals surface area contributed by atoms with Gasteiger partial charge in [0.2, 0.25) is 0 Å². The Kier molecular flexibility index (Phi) is 5.41. The molecule has 8 heteroatoms. The standard InChI is InChI=1S/C19H14ClN3O3S/c20-14-6-8-16(9-7-14)24-11-18-21-22-19(25-18)27-12-15-10-17(26-23-15)13-4-2-1-3-5-13/h1-10H,11-12H2. The molecule has 0 spiro atoms. The Bertz CT molecular complexity index is 1000. The molecule has 0 unspecified atom stereocenters. The summed E-state index contributed by atoms with van der Waals surface area (Å²) < 4.78 is 16.5. The smallest absolute Gasteiger partial charge is 0.277 e. The van der Waals surface area contributed by atoms with Gasteiger partial charge in [-0.05, 0) is 24.3 Å². The van der Waals surface area contributed by atoms with Gasteiger partial charge in [0.05, 0.1) is 5.69 Å². The van der Waals surface area contributed by atoms with Gasteiger partial charge in [-0.3, -0.25) is 0 Å². The molecule has 2 aromatic heterocycles. The fraction of sp³-hybridized carbons (Fsp3) is 0.105. The Hall–Kier alpha value is -2.77. The lowest BCUT2D eigenvalue weighted by atomic mass is 10.2. The number of halogens is 1. The van der Waals surface area contributed by atoms with Crippen molar-refractivity contribution in [3.8, 4) is 17.1 Å². The second-order valence-electron chi connectivity index (χ2n) is 5.54. The molecule has 0 amide bonds. The van der Waals surface area contributed by atoms with Crippen molar-refractivity contribution in [1.82, 2.24) is 15.4 Å². The maximum absolute atomic E-state index is 5.84. The zero-order valence-corrected chi connectivity index (χ0v) is 15.6. The fourth-order valence-electron chi connectivity index (χ4n) is 2.28. The first-order valence-corrected chi connectivity index (χ1v) is 9.47. The highest BCUT2D eigenvalue weighted by Crippen LogP contribution is 2.25. The molecular weight excluding hydrogens is 386 g/mol. The van der Waals surface area contributed by atoms with E-state index in [1.54, 1.807) is 24.3 Å². The molecule has 136 valence electrons. The predicted octanol–water partition coefficient (Wildman–Crippen LogP) is 5.25. The van der Waals surface area contributed by atoms with Gasteiger partial charge in [-0.15, -0.1) is 10.2 Å². The van der Waals surface area contributed by atoms with Crippen molar-refractivity contribution in [2.45, 2.75) is 17.6 Å². The summed E-state index contributed by atoms with van der Waals surface area (Å²) in [6, 6.07) is 18.8. The first-order chi connectivity index (χ1) is 13.3. The van der Waals surface area contributed by atoms with Gasteiger partial charge < -0.3 is 13.7 Å². The molecule has 4 aromatic rings. The van der Waals surface area contributed by atoms with E-state index >= 15 is 0 Å². The van der Waals surface area contributed by atoms with Crippen LogP contribution in [-0.4, -0.2) is 15.4 Å². The zero-order valence-electron chi connectivity index (χ0n) is 14.0. The SMILES string of the molecule is Clc1ccc(OCc2nnc(SCc3cc(-c4ccccc4)on3)o2)cc1. The van der Waals surface area contributed by atoms with E-state index in [-0.39, 0.29) is 6.61 Å². The highest BCUT2D eigenvalue weighted by atomic mass is 35.5. The summed E-state index contributed by atoms with van der Waals surface area (Å²) in [6.45, 7) is 0.192. The molecule has 6 nitrogen and oxygen atoms in total. The third-order valence-electron chi connectivity index (χ3n) is 3.59. The number of rotatable bonds is 7. The van der Waals surface area contributed by atoms with E-state index in [0.29, 0.717) is 27.6 Å². The van der Waals surface area contributed by atoms with E-state index < -0.39 is 0 Å². The molecule has 0 N–H and O–H groups in total. The lowest BCUT2D eigenvalue weighted by molar-refractivity contribution is 0.252. The van der Waals surface area contributed by atoms with Crippen molar-refractivity contribution < 1.29 is 13.7 Å². The van der Waals surface area contributed by atoms with Gasteiger partial charge in [-0.1, -0.05) is 58.9 Å². The average molecular weight is 400 g/mol. The minimum atomic E-state index is 0.192. The number of hydrogen-bond acceptors (Lipinski definition) is 7. The molecule has 0 aliphatic heterocycles. The summed E-state index contributed by atoms with van der Waals surface area (Å²) in [4.78, 5) is 0. The van der Waals surface area contributed by atoms with E-state index in [4.69, 9.17) is 25.3 Å². The highest BCUT2D eigenvalue weighted by molar-refractivity contribution is 7.98. The van der Waals surface area contributed by atoms with Gasteiger partial charge in [-0.25, -0.2) is 0 Å². The summed E-state index contributed by atoms with van der Waals surface area (Å²) in [5.74, 6) is 2.38. The molecule has 0 aliphatic carbocycles. The van der Waals surface area contributed by atoms with Crippen LogP contribution in [0.15, 0.2) is 74.8 Å². The number of ether oxygens (including phenoxy) is 1. The molecule has 0 atom stereocenters. The quantitative estimate of drug-likeness (QED) is 0.393. The molecule has 0 saturated carbocycles. The largest absolute Gasteiger partial charge is 0.484 e. The van der Waals surface area contributed by atoms with Crippen molar-refractivity contribution in [1.29, 1.82) is 0 Å². The summed E-state index contributed by atoms with van der Waals surface area (Å²) >= 11 is 7.23. The Balaban J connectivity index is 1.31. The van der Waals surface area contributed by atoms with Crippen LogP contribution in [0.3, 0.4) is 0 Å². The Morgan fingerprint density at radius 1 is 1.00 bits per heavy atom. The number of benzene rings is 2. The van der Waals surface area contributed by atoms with Crippen LogP contribution in [0.1, 0.15) is 11.6 Å². The molecule has 0 aliphatic rings. The van der Waals surface area contributed by atoms with Crippen LogP contribution in [0.2, 0.25) is 5.02 Å². The second kappa shape index (κ2) is 8.28. The van der Waals surface area contributed by atoms with Gasteiger partial charge >= 0.3 is 0 Å². The molecule has 0 bridgehead atoms. The first-order valence-electron chi connectivity index (χ1n) is 8.11. The lowest BCUT2D eigenvalue weighted by Gasteiger charge is -2.02. The minimum Gasteiger partial charge on any atom is -0.484 e. The van der Waals surface area contributed by atoms with Gasteiger partial charge in [0.25, 0.3) is 11.1 Å². The van der Waals surface area contributed by atoms with Crippen LogP contribution < -0.4 is 4.74 Å². The number of nitrogens with zero attached hydrogens (tertiary/aromatic N) is 3. The van der Waals surface area contributed by atoms with E-state index in [1.807, 2.05) is 36.4 Å². The molecule has 0 fully saturated rings. The molecule has 0 saturated heterocycles. The predicted molar refractivity (Wildman–Crippen MR) is 102 cm³/mol. The van der Waals surface area contributed by atoms with Crippen LogP contribution in [0.4, 0.5) is 0 Å². The third kappa shape index (κ3) is 4.69. The summed E-state index contributed by atoms with van der Waals surface area (Å²) in [5, 5.41) is 13.2.